The van der Waals surface area contributed by atoms with Gasteiger partial charge in [0.2, 0.25) is 0 Å². The topological polar surface area (TPSA) is 70.8 Å². The molecular weight excluding hydrogens is 429 g/mol. The fraction of sp³-hybridized carbons (Fsp3) is 0.381. The number of aromatic nitrogens is 3. The largest absolute Gasteiger partial charge is 1.00 e. The summed E-state index contributed by atoms with van der Waals surface area (Å²) in [5, 5.41) is 22.2. The Labute approximate surface area is 195 Å². The van der Waals surface area contributed by atoms with E-state index in [0.29, 0.717) is 23.0 Å². The summed E-state index contributed by atoms with van der Waals surface area (Å²) in [6.07, 6.45) is 2.79. The van der Waals surface area contributed by atoms with Crippen LogP contribution in [0.4, 0.5) is 0 Å². The van der Waals surface area contributed by atoms with E-state index in [1.807, 2.05) is 4.57 Å². The molecule has 1 saturated carbocycles. The summed E-state index contributed by atoms with van der Waals surface area (Å²) in [6, 6.07) is 12.9. The Morgan fingerprint density at radius 3 is 2.50 bits per heavy atom. The molecule has 1 heterocycles. The number of carboxylic acid groups (broad SMARTS) is 1. The minimum Gasteiger partial charge on any atom is -0.550 e. The maximum absolute atomic E-state index is 11.4. The predicted octanol–water partition coefficient (Wildman–Crippen LogP) is 0.442. The molecule has 0 bridgehead atoms. The summed E-state index contributed by atoms with van der Waals surface area (Å²) < 4.78 is 2.53. The summed E-state index contributed by atoms with van der Waals surface area (Å²) >= 11 is 3.46. The van der Waals surface area contributed by atoms with Crippen molar-refractivity contribution in [3.05, 3.63) is 58.1 Å². The molecular formula is C21H21BrN3NaO2. The van der Waals surface area contributed by atoms with Gasteiger partial charge >= 0.3 is 29.6 Å². The van der Waals surface area contributed by atoms with Crippen LogP contribution < -0.4 is 34.7 Å². The second-order valence-electron chi connectivity index (χ2n) is 7.95. The van der Waals surface area contributed by atoms with Crippen LogP contribution in [0.25, 0.3) is 10.8 Å². The Balaban J connectivity index is 0.00000225. The molecule has 28 heavy (non-hydrogen) atoms. The predicted molar refractivity (Wildman–Crippen MR) is 105 cm³/mol. The Morgan fingerprint density at radius 1 is 1.18 bits per heavy atom. The van der Waals surface area contributed by atoms with E-state index in [1.165, 1.54) is 34.7 Å². The van der Waals surface area contributed by atoms with Gasteiger partial charge in [0.15, 0.2) is 4.73 Å². The van der Waals surface area contributed by atoms with E-state index in [9.17, 15) is 9.90 Å². The number of hydrogen-bond acceptors (Lipinski definition) is 4. The molecule has 1 fully saturated rings. The number of rotatable bonds is 6. The van der Waals surface area contributed by atoms with Gasteiger partial charge in [-0.25, -0.2) is 0 Å². The Kier molecular flexibility index (Phi) is 6.35. The van der Waals surface area contributed by atoms with Crippen molar-refractivity contribution in [1.82, 2.24) is 14.8 Å². The van der Waals surface area contributed by atoms with Crippen LogP contribution in [0.5, 0.6) is 0 Å². The van der Waals surface area contributed by atoms with Gasteiger partial charge in [0.1, 0.15) is 5.82 Å². The van der Waals surface area contributed by atoms with E-state index in [1.54, 1.807) is 13.8 Å². The van der Waals surface area contributed by atoms with Gasteiger partial charge in [0, 0.05) is 17.8 Å². The van der Waals surface area contributed by atoms with Crippen LogP contribution >= 0.6 is 15.9 Å². The third-order valence-electron chi connectivity index (χ3n) is 5.33. The first-order chi connectivity index (χ1) is 12.9. The third kappa shape index (κ3) is 4.20. The quantitative estimate of drug-likeness (QED) is 0.512. The first kappa shape index (κ1) is 21.5. The van der Waals surface area contributed by atoms with Gasteiger partial charge in [0.05, 0.1) is 6.54 Å². The average molecular weight is 450 g/mol. The monoisotopic (exact) mass is 449 g/mol. The molecule has 4 rings (SSSR count). The smallest absolute Gasteiger partial charge is 0.550 e. The van der Waals surface area contributed by atoms with E-state index in [2.05, 4.69) is 62.5 Å². The molecule has 0 N–H and O–H groups in total. The van der Waals surface area contributed by atoms with Crippen LogP contribution in [0.3, 0.4) is 0 Å². The SMILES string of the molecule is CC(C)(Cc1nnc(Br)n1Cc1ccc(C2CC2)c2ccccc12)C(=O)[O-].[Na+]. The molecule has 7 heteroatoms. The molecule has 0 amide bonds. The molecule has 2 aromatic carbocycles. The van der Waals surface area contributed by atoms with Crippen LogP contribution in [-0.2, 0) is 17.8 Å². The molecule has 1 aliphatic carbocycles. The Hall–Kier alpha value is -1.21. The van der Waals surface area contributed by atoms with Crippen LogP contribution in [0, 0.1) is 5.41 Å². The Morgan fingerprint density at radius 2 is 1.86 bits per heavy atom. The van der Waals surface area contributed by atoms with Gasteiger partial charge in [-0.15, -0.1) is 10.2 Å². The normalized spacial score (nSPS) is 14.1. The van der Waals surface area contributed by atoms with E-state index in [0.717, 1.165) is 0 Å². The van der Waals surface area contributed by atoms with Crippen LogP contribution in [0.1, 0.15) is 49.6 Å². The van der Waals surface area contributed by atoms with Gasteiger partial charge < -0.3 is 14.5 Å². The maximum Gasteiger partial charge on any atom is 1.00 e. The zero-order valence-corrected chi connectivity index (χ0v) is 20.0. The summed E-state index contributed by atoms with van der Waals surface area (Å²) in [7, 11) is 0. The number of benzene rings is 2. The van der Waals surface area contributed by atoms with Crippen molar-refractivity contribution in [2.75, 3.05) is 0 Å². The second kappa shape index (κ2) is 8.27. The first-order valence-electron chi connectivity index (χ1n) is 9.16. The molecule has 0 radical (unpaired) electrons. The van der Waals surface area contributed by atoms with Crippen molar-refractivity contribution in [2.24, 2.45) is 5.41 Å². The summed E-state index contributed by atoms with van der Waals surface area (Å²) in [5.74, 6) is 0.226. The molecule has 0 unspecified atom stereocenters. The third-order valence-corrected chi connectivity index (χ3v) is 5.92. The standard InChI is InChI=1S/C21H22BrN3O2.Na/c1-21(2,19(26)27)11-18-23-24-20(22)25(18)12-14-9-10-16(13-7-8-13)17-6-4-3-5-15(14)17;/h3-6,9-10,13H,7-8,11-12H2,1-2H3,(H,26,27);/q;+1/p-1. The van der Waals surface area contributed by atoms with E-state index in [-0.39, 0.29) is 36.0 Å². The zero-order valence-electron chi connectivity index (χ0n) is 16.4. The van der Waals surface area contributed by atoms with Crippen LogP contribution in [-0.4, -0.2) is 20.7 Å². The van der Waals surface area contributed by atoms with Crippen LogP contribution in [0.15, 0.2) is 41.1 Å². The summed E-state index contributed by atoms with van der Waals surface area (Å²) in [4.78, 5) is 11.4. The number of hydrogen-bond donors (Lipinski definition) is 0. The molecule has 140 valence electrons. The number of carbonyl (C=O) groups excluding carboxylic acids is 1. The molecule has 5 nitrogen and oxygen atoms in total. The van der Waals surface area contributed by atoms with Crippen molar-refractivity contribution in [3.8, 4) is 0 Å². The zero-order chi connectivity index (χ0) is 19.2. The van der Waals surface area contributed by atoms with Crippen molar-refractivity contribution in [3.63, 3.8) is 0 Å². The molecule has 0 aliphatic heterocycles. The first-order valence-corrected chi connectivity index (χ1v) is 9.95. The van der Waals surface area contributed by atoms with Crippen molar-refractivity contribution < 1.29 is 39.5 Å². The fourth-order valence-corrected chi connectivity index (χ4v) is 3.92. The summed E-state index contributed by atoms with van der Waals surface area (Å²) in [6.45, 7) is 3.88. The van der Waals surface area contributed by atoms with E-state index >= 15 is 0 Å². The average Bonchev–Trinajstić information content (AvgIpc) is 3.42. The van der Waals surface area contributed by atoms with Crippen molar-refractivity contribution in [2.45, 2.75) is 45.6 Å². The molecule has 1 aromatic heterocycles. The Bertz CT molecular complexity index is 1030. The molecule has 0 spiro atoms. The van der Waals surface area contributed by atoms with Gasteiger partial charge in [-0.2, -0.15) is 0 Å². The number of carbonyl (C=O) groups is 1. The van der Waals surface area contributed by atoms with Gasteiger partial charge in [-0.05, 0) is 56.6 Å². The van der Waals surface area contributed by atoms with Gasteiger partial charge in [-0.1, -0.05) is 50.2 Å². The van der Waals surface area contributed by atoms with Crippen molar-refractivity contribution >= 4 is 32.7 Å². The minimum atomic E-state index is -1.09. The van der Waals surface area contributed by atoms with Gasteiger partial charge in [0.25, 0.3) is 0 Å². The number of aliphatic carboxylic acids is 1. The fourth-order valence-electron chi connectivity index (χ4n) is 3.51. The molecule has 0 saturated heterocycles. The second-order valence-corrected chi connectivity index (χ2v) is 8.66. The minimum absolute atomic E-state index is 0. The molecule has 3 aromatic rings. The number of halogens is 1. The van der Waals surface area contributed by atoms with E-state index in [4.69, 9.17) is 0 Å². The van der Waals surface area contributed by atoms with E-state index < -0.39 is 11.4 Å². The number of nitrogens with zero attached hydrogens (tertiary/aromatic N) is 3. The van der Waals surface area contributed by atoms with Crippen molar-refractivity contribution in [1.29, 1.82) is 0 Å². The van der Waals surface area contributed by atoms with Gasteiger partial charge in [-0.3, -0.25) is 0 Å². The maximum atomic E-state index is 11.4. The summed E-state index contributed by atoms with van der Waals surface area (Å²) in [5.41, 5.74) is 1.58. The van der Waals surface area contributed by atoms with Crippen LogP contribution in [0.2, 0.25) is 0 Å². The molecule has 1 aliphatic rings. The number of carboxylic acids is 1. The number of fused-ring (bicyclic) bond motifs is 1. The molecule has 0 atom stereocenters.